The highest BCUT2D eigenvalue weighted by molar-refractivity contribution is 9.11. The third-order valence-corrected chi connectivity index (χ3v) is 8.68. The summed E-state index contributed by atoms with van der Waals surface area (Å²) in [5.74, 6) is 0. The van der Waals surface area contributed by atoms with Crippen LogP contribution in [0, 0.1) is 5.41 Å². The average Bonchev–Trinajstić information content (AvgIpc) is 3.04. The summed E-state index contributed by atoms with van der Waals surface area (Å²) in [6, 6.07) is 1.79. The Morgan fingerprint density at radius 2 is 2.10 bits per heavy atom. The zero-order valence-corrected chi connectivity index (χ0v) is 16.0. The van der Waals surface area contributed by atoms with Gasteiger partial charge in [-0.1, -0.05) is 13.8 Å². The van der Waals surface area contributed by atoms with Crippen LogP contribution in [0.5, 0.6) is 0 Å². The molecule has 0 saturated carbocycles. The van der Waals surface area contributed by atoms with Crippen LogP contribution in [-0.2, 0) is 16.6 Å². The molecule has 0 aromatic carbocycles. The van der Waals surface area contributed by atoms with Crippen molar-refractivity contribution in [3.8, 4) is 0 Å². The first kappa shape index (κ1) is 17.4. The number of nitrogens with one attached hydrogen (secondary N) is 1. The van der Waals surface area contributed by atoms with Crippen LogP contribution in [0.2, 0.25) is 0 Å². The fourth-order valence-corrected chi connectivity index (χ4v) is 7.10. The van der Waals surface area contributed by atoms with E-state index in [0.29, 0.717) is 28.3 Å². The van der Waals surface area contributed by atoms with Crippen molar-refractivity contribution >= 4 is 37.3 Å². The van der Waals surface area contributed by atoms with Crippen molar-refractivity contribution in [3.63, 3.8) is 0 Å². The van der Waals surface area contributed by atoms with E-state index in [2.05, 4.69) is 35.1 Å². The summed E-state index contributed by atoms with van der Waals surface area (Å²) in [5.41, 5.74) is 0.156. The highest BCUT2D eigenvalue weighted by Crippen LogP contribution is 2.41. The molecule has 1 saturated heterocycles. The lowest BCUT2D eigenvalue weighted by Gasteiger charge is -2.26. The Kier molecular flexibility index (Phi) is 5.52. The average molecular weight is 395 g/mol. The molecule has 1 fully saturated rings. The molecule has 21 heavy (non-hydrogen) atoms. The maximum absolute atomic E-state index is 12.9. The summed E-state index contributed by atoms with van der Waals surface area (Å²) in [4.78, 5) is 1.44. The van der Waals surface area contributed by atoms with Crippen LogP contribution >= 0.6 is 27.3 Å². The van der Waals surface area contributed by atoms with Crippen LogP contribution in [0.1, 0.15) is 38.0 Å². The summed E-state index contributed by atoms with van der Waals surface area (Å²) >= 11 is 4.90. The first-order valence-electron chi connectivity index (χ1n) is 7.31. The lowest BCUT2D eigenvalue weighted by molar-refractivity contribution is 0.279. The second kappa shape index (κ2) is 6.66. The van der Waals surface area contributed by atoms with Gasteiger partial charge in [0.15, 0.2) is 0 Å². The summed E-state index contributed by atoms with van der Waals surface area (Å²) in [5, 5.41) is 3.06. The third kappa shape index (κ3) is 3.37. The summed E-state index contributed by atoms with van der Waals surface area (Å²) < 4.78 is 28.1. The van der Waals surface area contributed by atoms with E-state index in [9.17, 15) is 8.42 Å². The van der Waals surface area contributed by atoms with E-state index in [-0.39, 0.29) is 5.41 Å². The Labute approximate surface area is 140 Å². The minimum absolute atomic E-state index is 0.156. The molecule has 7 heteroatoms. The van der Waals surface area contributed by atoms with Crippen LogP contribution in [0.25, 0.3) is 0 Å². The van der Waals surface area contributed by atoms with Crippen molar-refractivity contribution in [3.05, 3.63) is 14.7 Å². The lowest BCUT2D eigenvalue weighted by atomic mass is 9.82. The van der Waals surface area contributed by atoms with Gasteiger partial charge in [-0.15, -0.1) is 11.3 Å². The third-order valence-electron chi connectivity index (χ3n) is 4.58. The monoisotopic (exact) mass is 394 g/mol. The molecular weight excluding hydrogens is 372 g/mol. The predicted octanol–water partition coefficient (Wildman–Crippen LogP) is 3.43. The summed E-state index contributed by atoms with van der Waals surface area (Å²) in [7, 11) is -1.53. The number of hydrogen-bond acceptors (Lipinski definition) is 4. The Morgan fingerprint density at radius 3 is 2.62 bits per heavy atom. The molecule has 1 aliphatic rings. The molecule has 1 aliphatic heterocycles. The SMILES string of the molecule is CCC1(CC)CCN(S(=O)(=O)c2cc(CNC)sc2Br)C1. The standard InChI is InChI=1S/C14H23BrN2O2S2/c1-4-14(5-2)6-7-17(10-14)21(18,19)12-8-11(9-16-3)20-13(12)15/h8,16H,4-7,9-10H2,1-3H3. The van der Waals surface area contributed by atoms with Gasteiger partial charge >= 0.3 is 0 Å². The minimum Gasteiger partial charge on any atom is -0.315 e. The molecule has 0 atom stereocenters. The molecule has 0 unspecified atom stereocenters. The number of rotatable bonds is 6. The van der Waals surface area contributed by atoms with Gasteiger partial charge in [0, 0.05) is 24.5 Å². The van der Waals surface area contributed by atoms with E-state index >= 15 is 0 Å². The second-order valence-electron chi connectivity index (χ2n) is 5.68. The quantitative estimate of drug-likeness (QED) is 0.803. The van der Waals surface area contributed by atoms with Gasteiger partial charge in [0.05, 0.1) is 3.79 Å². The Balaban J connectivity index is 2.27. The molecule has 1 aromatic heterocycles. The van der Waals surface area contributed by atoms with Gasteiger partial charge in [0.2, 0.25) is 10.0 Å². The molecule has 2 rings (SSSR count). The Bertz CT molecular complexity index is 594. The van der Waals surface area contributed by atoms with Crippen molar-refractivity contribution in [2.75, 3.05) is 20.1 Å². The van der Waals surface area contributed by atoms with Gasteiger partial charge in [-0.05, 0) is 53.7 Å². The van der Waals surface area contributed by atoms with Gasteiger partial charge in [0.1, 0.15) is 4.90 Å². The molecule has 0 amide bonds. The number of halogens is 1. The predicted molar refractivity (Wildman–Crippen MR) is 91.2 cm³/mol. The van der Waals surface area contributed by atoms with Crippen molar-refractivity contribution in [2.45, 2.75) is 44.6 Å². The zero-order chi connectivity index (χ0) is 15.7. The molecule has 120 valence electrons. The molecule has 0 bridgehead atoms. The van der Waals surface area contributed by atoms with E-state index in [4.69, 9.17) is 0 Å². The molecular formula is C14H23BrN2O2S2. The molecule has 1 N–H and O–H groups in total. The van der Waals surface area contributed by atoms with Crippen molar-refractivity contribution < 1.29 is 8.42 Å². The van der Waals surface area contributed by atoms with Crippen molar-refractivity contribution in [1.29, 1.82) is 0 Å². The highest BCUT2D eigenvalue weighted by Gasteiger charge is 2.41. The van der Waals surface area contributed by atoms with Crippen molar-refractivity contribution in [1.82, 2.24) is 9.62 Å². The van der Waals surface area contributed by atoms with Gasteiger partial charge in [0.25, 0.3) is 0 Å². The number of sulfonamides is 1. The van der Waals surface area contributed by atoms with Gasteiger partial charge in [-0.3, -0.25) is 0 Å². The van der Waals surface area contributed by atoms with Gasteiger partial charge < -0.3 is 5.32 Å². The van der Waals surface area contributed by atoms with E-state index in [1.165, 1.54) is 11.3 Å². The number of nitrogens with zero attached hydrogens (tertiary/aromatic N) is 1. The van der Waals surface area contributed by atoms with Crippen LogP contribution in [0.15, 0.2) is 14.7 Å². The maximum Gasteiger partial charge on any atom is 0.245 e. The van der Waals surface area contributed by atoms with E-state index in [1.54, 1.807) is 10.4 Å². The number of hydrogen-bond donors (Lipinski definition) is 1. The second-order valence-corrected chi connectivity index (χ2v) is 10.0. The molecule has 2 heterocycles. The maximum atomic E-state index is 12.9. The fraction of sp³-hybridized carbons (Fsp3) is 0.714. The van der Waals surface area contributed by atoms with Crippen molar-refractivity contribution in [2.24, 2.45) is 5.41 Å². The number of thiophene rings is 1. The smallest absolute Gasteiger partial charge is 0.245 e. The molecule has 0 spiro atoms. The first-order chi connectivity index (χ1) is 9.88. The van der Waals surface area contributed by atoms with Crippen LogP contribution in [0.4, 0.5) is 0 Å². The van der Waals surface area contributed by atoms with Gasteiger partial charge in [-0.2, -0.15) is 4.31 Å². The molecule has 0 radical (unpaired) electrons. The Hall–Kier alpha value is 0.0500. The normalized spacial score (nSPS) is 19.2. The lowest BCUT2D eigenvalue weighted by Crippen LogP contribution is -2.31. The topological polar surface area (TPSA) is 49.4 Å². The van der Waals surface area contributed by atoms with E-state index in [1.807, 2.05) is 7.05 Å². The molecule has 1 aromatic rings. The van der Waals surface area contributed by atoms with Crippen LogP contribution < -0.4 is 5.32 Å². The van der Waals surface area contributed by atoms with Gasteiger partial charge in [-0.25, -0.2) is 8.42 Å². The van der Waals surface area contributed by atoms with E-state index < -0.39 is 10.0 Å². The fourth-order valence-electron chi connectivity index (χ4n) is 2.90. The molecule has 4 nitrogen and oxygen atoms in total. The molecule has 0 aliphatic carbocycles. The summed E-state index contributed by atoms with van der Waals surface area (Å²) in [6.45, 7) is 6.28. The minimum atomic E-state index is -3.39. The highest BCUT2D eigenvalue weighted by atomic mass is 79.9. The summed E-state index contributed by atoms with van der Waals surface area (Å²) in [6.07, 6.45) is 3.03. The Morgan fingerprint density at radius 1 is 1.43 bits per heavy atom. The van der Waals surface area contributed by atoms with Crippen LogP contribution in [0.3, 0.4) is 0 Å². The van der Waals surface area contributed by atoms with Crippen LogP contribution in [-0.4, -0.2) is 32.9 Å². The first-order valence-corrected chi connectivity index (χ1v) is 10.4. The zero-order valence-electron chi connectivity index (χ0n) is 12.8. The van der Waals surface area contributed by atoms with E-state index in [0.717, 1.165) is 24.1 Å². The largest absolute Gasteiger partial charge is 0.315 e.